The van der Waals surface area contributed by atoms with Gasteiger partial charge in [0.2, 0.25) is 11.7 Å². The van der Waals surface area contributed by atoms with E-state index in [1.54, 1.807) is 0 Å². The van der Waals surface area contributed by atoms with Gasteiger partial charge in [-0.15, -0.1) is 0 Å². The second kappa shape index (κ2) is 9.59. The molecule has 1 aromatic heterocycles. The minimum Gasteiger partial charge on any atom is -0.357 e. The third-order valence-corrected chi connectivity index (χ3v) is 5.94. The van der Waals surface area contributed by atoms with Crippen LogP contribution in [0.3, 0.4) is 0 Å². The van der Waals surface area contributed by atoms with Crippen LogP contribution in [-0.2, 0) is 6.54 Å². The summed E-state index contributed by atoms with van der Waals surface area (Å²) in [6, 6.07) is 8.60. The van der Waals surface area contributed by atoms with E-state index in [4.69, 9.17) is 16.1 Å². The van der Waals surface area contributed by atoms with Crippen molar-refractivity contribution in [3.63, 3.8) is 0 Å². The molecule has 1 saturated heterocycles. The first-order valence-corrected chi connectivity index (χ1v) is 11.0. The third kappa shape index (κ3) is 5.28. The summed E-state index contributed by atoms with van der Waals surface area (Å²) < 4.78 is 5.37. The molecule has 1 saturated carbocycles. The number of aromatic nitrogens is 2. The second-order valence-electron chi connectivity index (χ2n) is 7.78. The molecule has 1 unspecified atom stereocenters. The molecule has 2 fully saturated rings. The van der Waals surface area contributed by atoms with E-state index in [2.05, 4.69) is 37.6 Å². The second-order valence-corrected chi connectivity index (χ2v) is 8.21. The Morgan fingerprint density at radius 2 is 2.03 bits per heavy atom. The first-order chi connectivity index (χ1) is 14.2. The van der Waals surface area contributed by atoms with Crippen molar-refractivity contribution in [1.29, 1.82) is 0 Å². The topological polar surface area (TPSA) is 78.6 Å². The summed E-state index contributed by atoms with van der Waals surface area (Å²) in [4.78, 5) is 11.7. The minimum absolute atomic E-state index is 0.342. The standard InChI is InChI=1S/C21H29ClN6O/c1-2-23-21(25-17-11-12-28(14-17)18-5-3-4-6-18)24-13-19-26-20(27-29-19)15-7-9-16(22)10-8-15/h7-10,17-18H,2-6,11-14H2,1H3,(H2,23,24,25). The number of aliphatic imine (C=N–C) groups is 1. The van der Waals surface area contributed by atoms with Gasteiger partial charge in [0.25, 0.3) is 0 Å². The first-order valence-electron chi connectivity index (χ1n) is 10.6. The van der Waals surface area contributed by atoms with Gasteiger partial charge in [-0.2, -0.15) is 4.98 Å². The zero-order chi connectivity index (χ0) is 20.1. The SMILES string of the molecule is CCNC(=NCc1nc(-c2ccc(Cl)cc2)no1)NC1CCN(C2CCCC2)C1. The number of hydrogen-bond donors (Lipinski definition) is 2. The van der Waals surface area contributed by atoms with Crippen LogP contribution in [0, 0.1) is 0 Å². The van der Waals surface area contributed by atoms with Crippen molar-refractivity contribution in [1.82, 2.24) is 25.7 Å². The molecule has 0 bridgehead atoms. The molecule has 1 aliphatic carbocycles. The van der Waals surface area contributed by atoms with E-state index in [0.29, 0.717) is 29.3 Å². The predicted molar refractivity (Wildman–Crippen MR) is 115 cm³/mol. The summed E-state index contributed by atoms with van der Waals surface area (Å²) >= 11 is 5.94. The zero-order valence-electron chi connectivity index (χ0n) is 16.9. The van der Waals surface area contributed by atoms with Gasteiger partial charge in [-0.05, 0) is 50.5 Å². The van der Waals surface area contributed by atoms with Crippen LogP contribution in [-0.4, -0.2) is 52.7 Å². The highest BCUT2D eigenvalue weighted by molar-refractivity contribution is 6.30. The molecule has 2 aliphatic rings. The van der Waals surface area contributed by atoms with Crippen molar-refractivity contribution in [3.05, 3.63) is 35.2 Å². The molecule has 4 rings (SSSR count). The van der Waals surface area contributed by atoms with Gasteiger partial charge in [-0.25, -0.2) is 4.99 Å². The van der Waals surface area contributed by atoms with Gasteiger partial charge in [0.1, 0.15) is 6.54 Å². The Bertz CT molecular complexity index is 815. The number of benzene rings is 1. The number of nitrogens with one attached hydrogen (secondary N) is 2. The number of rotatable bonds is 6. The third-order valence-electron chi connectivity index (χ3n) is 5.69. The Labute approximate surface area is 176 Å². The molecule has 2 N–H and O–H groups in total. The van der Waals surface area contributed by atoms with Crippen LogP contribution < -0.4 is 10.6 Å². The molecule has 0 radical (unpaired) electrons. The van der Waals surface area contributed by atoms with Gasteiger partial charge < -0.3 is 15.2 Å². The number of hydrogen-bond acceptors (Lipinski definition) is 5. The van der Waals surface area contributed by atoms with Crippen LogP contribution in [0.15, 0.2) is 33.8 Å². The summed E-state index contributed by atoms with van der Waals surface area (Å²) in [5.41, 5.74) is 0.872. The molecule has 1 atom stereocenters. The van der Waals surface area contributed by atoms with Crippen molar-refractivity contribution < 1.29 is 4.52 Å². The molecule has 8 heteroatoms. The van der Waals surface area contributed by atoms with E-state index in [-0.39, 0.29) is 0 Å². The summed E-state index contributed by atoms with van der Waals surface area (Å²) in [5.74, 6) is 1.84. The highest BCUT2D eigenvalue weighted by Crippen LogP contribution is 2.26. The van der Waals surface area contributed by atoms with Gasteiger partial charge in [-0.3, -0.25) is 4.90 Å². The maximum Gasteiger partial charge on any atom is 0.248 e. The first kappa shape index (κ1) is 20.2. The molecule has 0 spiro atoms. The molecule has 156 valence electrons. The lowest BCUT2D eigenvalue weighted by Crippen LogP contribution is -2.45. The zero-order valence-corrected chi connectivity index (χ0v) is 17.7. The van der Waals surface area contributed by atoms with Crippen molar-refractivity contribution in [2.45, 2.75) is 57.7 Å². The molecule has 1 aliphatic heterocycles. The van der Waals surface area contributed by atoms with Gasteiger partial charge in [-0.1, -0.05) is 29.6 Å². The van der Waals surface area contributed by atoms with Crippen LogP contribution in [0.5, 0.6) is 0 Å². The molecule has 29 heavy (non-hydrogen) atoms. The molecular weight excluding hydrogens is 388 g/mol. The van der Waals surface area contributed by atoms with E-state index in [1.165, 1.54) is 32.2 Å². The lowest BCUT2D eigenvalue weighted by atomic mass is 10.2. The highest BCUT2D eigenvalue weighted by Gasteiger charge is 2.30. The Hall–Kier alpha value is -2.12. The minimum atomic E-state index is 0.342. The number of guanidine groups is 1. The monoisotopic (exact) mass is 416 g/mol. The fraction of sp³-hybridized carbons (Fsp3) is 0.571. The van der Waals surface area contributed by atoms with Gasteiger partial charge >= 0.3 is 0 Å². The summed E-state index contributed by atoms with van der Waals surface area (Å²) in [7, 11) is 0. The maximum absolute atomic E-state index is 5.94. The van der Waals surface area contributed by atoms with Crippen LogP contribution in [0.1, 0.15) is 44.9 Å². The predicted octanol–water partition coefficient (Wildman–Crippen LogP) is 3.46. The van der Waals surface area contributed by atoms with Gasteiger partial charge in [0.15, 0.2) is 5.96 Å². The largest absolute Gasteiger partial charge is 0.357 e. The smallest absolute Gasteiger partial charge is 0.248 e. The average Bonchev–Trinajstić information content (AvgIpc) is 3.48. The number of likely N-dealkylation sites (tertiary alicyclic amines) is 1. The van der Waals surface area contributed by atoms with Crippen LogP contribution in [0.2, 0.25) is 5.02 Å². The Morgan fingerprint density at radius 3 is 2.79 bits per heavy atom. The lowest BCUT2D eigenvalue weighted by molar-refractivity contribution is 0.242. The normalized spacial score (nSPS) is 21.0. The van der Waals surface area contributed by atoms with E-state index < -0.39 is 0 Å². The van der Waals surface area contributed by atoms with E-state index >= 15 is 0 Å². The molecule has 7 nitrogen and oxygen atoms in total. The summed E-state index contributed by atoms with van der Waals surface area (Å²) in [6.07, 6.45) is 6.63. The molecule has 1 aromatic carbocycles. The fourth-order valence-corrected chi connectivity index (χ4v) is 4.33. The van der Waals surface area contributed by atoms with Crippen LogP contribution >= 0.6 is 11.6 Å². The molecule has 0 amide bonds. The average molecular weight is 417 g/mol. The fourth-order valence-electron chi connectivity index (χ4n) is 4.20. The molecular formula is C21H29ClN6O. The van der Waals surface area contributed by atoms with Gasteiger partial charge in [0, 0.05) is 42.3 Å². The Morgan fingerprint density at radius 1 is 1.24 bits per heavy atom. The molecule has 2 aromatic rings. The number of halogens is 1. The van der Waals surface area contributed by atoms with Crippen molar-refractivity contribution in [2.75, 3.05) is 19.6 Å². The van der Waals surface area contributed by atoms with E-state index in [0.717, 1.165) is 37.1 Å². The highest BCUT2D eigenvalue weighted by atomic mass is 35.5. The van der Waals surface area contributed by atoms with E-state index in [1.807, 2.05) is 24.3 Å². The maximum atomic E-state index is 5.94. The summed E-state index contributed by atoms with van der Waals surface area (Å²) in [5, 5.41) is 11.6. The Kier molecular flexibility index (Phi) is 6.67. The lowest BCUT2D eigenvalue weighted by Gasteiger charge is -2.24. The summed E-state index contributed by atoms with van der Waals surface area (Å²) in [6.45, 7) is 5.49. The molecule has 2 heterocycles. The van der Waals surface area contributed by atoms with Crippen LogP contribution in [0.25, 0.3) is 11.4 Å². The van der Waals surface area contributed by atoms with Gasteiger partial charge in [0.05, 0.1) is 0 Å². The van der Waals surface area contributed by atoms with Crippen molar-refractivity contribution in [2.24, 2.45) is 4.99 Å². The van der Waals surface area contributed by atoms with Crippen molar-refractivity contribution in [3.8, 4) is 11.4 Å². The van der Waals surface area contributed by atoms with E-state index in [9.17, 15) is 0 Å². The van der Waals surface area contributed by atoms with Crippen molar-refractivity contribution >= 4 is 17.6 Å². The quantitative estimate of drug-likeness (QED) is 0.554. The number of nitrogens with zero attached hydrogens (tertiary/aromatic N) is 4. The Balaban J connectivity index is 1.34. The van der Waals surface area contributed by atoms with Crippen LogP contribution in [0.4, 0.5) is 0 Å².